The second-order valence-electron chi connectivity index (χ2n) is 7.52. The summed E-state index contributed by atoms with van der Waals surface area (Å²) in [4.78, 5) is 18.6. The molecule has 28 heavy (non-hydrogen) atoms. The van der Waals surface area contributed by atoms with Gasteiger partial charge in [0.2, 0.25) is 0 Å². The number of anilines is 2. The van der Waals surface area contributed by atoms with Gasteiger partial charge in [0.05, 0.1) is 24.5 Å². The number of aryl methyl sites for hydroxylation is 2. The summed E-state index contributed by atoms with van der Waals surface area (Å²) in [6, 6.07) is 8.19. The minimum absolute atomic E-state index is 0.309. The highest BCUT2D eigenvalue weighted by Crippen LogP contribution is 2.31. The van der Waals surface area contributed by atoms with Crippen LogP contribution in [-0.4, -0.2) is 54.3 Å². The van der Waals surface area contributed by atoms with Gasteiger partial charge in [-0.1, -0.05) is 0 Å². The molecule has 2 aliphatic heterocycles. The molecule has 2 fully saturated rings. The van der Waals surface area contributed by atoms with E-state index in [1.165, 1.54) is 0 Å². The van der Waals surface area contributed by atoms with Crippen LogP contribution in [0, 0.1) is 25.2 Å². The van der Waals surface area contributed by atoms with Crippen molar-refractivity contribution in [1.29, 1.82) is 5.26 Å². The number of morpholine rings is 1. The summed E-state index contributed by atoms with van der Waals surface area (Å²) >= 11 is 0. The summed E-state index contributed by atoms with van der Waals surface area (Å²) in [5, 5.41) is 9.49. The zero-order valence-corrected chi connectivity index (χ0v) is 16.6. The van der Waals surface area contributed by atoms with Crippen LogP contribution in [0.25, 0.3) is 0 Å². The second-order valence-corrected chi connectivity index (χ2v) is 7.52. The minimum atomic E-state index is 0.309. The first-order valence-electron chi connectivity index (χ1n) is 9.95. The standard InChI is InChI=1S/C21H26N6O/c1-15-5-6-17(13-22)21(23-15)27-7-3-4-18(14-27)19-12-20(25-16(2)24-19)26-8-10-28-11-9-26/h5-6,12,18H,3-4,7-11,14H2,1-2H3/t18-/m0/s1. The van der Waals surface area contributed by atoms with Crippen LogP contribution in [0.5, 0.6) is 0 Å². The lowest BCUT2D eigenvalue weighted by molar-refractivity contribution is 0.122. The molecule has 7 heteroatoms. The van der Waals surface area contributed by atoms with Gasteiger partial charge >= 0.3 is 0 Å². The van der Waals surface area contributed by atoms with Gasteiger partial charge in [0.25, 0.3) is 0 Å². The van der Waals surface area contributed by atoms with Crippen LogP contribution < -0.4 is 9.80 Å². The van der Waals surface area contributed by atoms with Crippen LogP contribution in [-0.2, 0) is 4.74 Å². The normalized spacial score (nSPS) is 20.1. The summed E-state index contributed by atoms with van der Waals surface area (Å²) in [6.07, 6.45) is 2.14. The third-order valence-electron chi connectivity index (χ3n) is 5.45. The Morgan fingerprint density at radius 1 is 1.07 bits per heavy atom. The van der Waals surface area contributed by atoms with Gasteiger partial charge in [-0.2, -0.15) is 5.26 Å². The van der Waals surface area contributed by atoms with Crippen molar-refractivity contribution < 1.29 is 4.74 Å². The molecular formula is C21H26N6O. The first-order chi connectivity index (χ1) is 13.6. The first-order valence-corrected chi connectivity index (χ1v) is 9.95. The van der Waals surface area contributed by atoms with Crippen molar-refractivity contribution in [2.24, 2.45) is 0 Å². The van der Waals surface area contributed by atoms with Crippen LogP contribution >= 0.6 is 0 Å². The van der Waals surface area contributed by atoms with E-state index in [0.717, 1.165) is 81.1 Å². The molecule has 0 spiro atoms. The summed E-state index contributed by atoms with van der Waals surface area (Å²) < 4.78 is 5.47. The number of ether oxygens (including phenoxy) is 1. The van der Waals surface area contributed by atoms with Gasteiger partial charge in [-0.15, -0.1) is 0 Å². The van der Waals surface area contributed by atoms with Crippen molar-refractivity contribution in [3.05, 3.63) is 41.0 Å². The van der Waals surface area contributed by atoms with Gasteiger partial charge in [-0.25, -0.2) is 15.0 Å². The Morgan fingerprint density at radius 3 is 2.68 bits per heavy atom. The SMILES string of the molecule is Cc1ccc(C#N)c(N2CCC[C@H](c3cc(N4CCOCC4)nc(C)n3)C2)n1. The third-order valence-corrected chi connectivity index (χ3v) is 5.45. The lowest BCUT2D eigenvalue weighted by Gasteiger charge is -2.34. The van der Waals surface area contributed by atoms with Crippen molar-refractivity contribution >= 4 is 11.6 Å². The van der Waals surface area contributed by atoms with E-state index in [1.54, 1.807) is 0 Å². The molecule has 2 aliphatic rings. The highest BCUT2D eigenvalue weighted by molar-refractivity contribution is 5.55. The van der Waals surface area contributed by atoms with E-state index in [9.17, 15) is 5.26 Å². The largest absolute Gasteiger partial charge is 0.378 e. The number of rotatable bonds is 3. The van der Waals surface area contributed by atoms with Crippen LogP contribution in [0.3, 0.4) is 0 Å². The Kier molecular flexibility index (Phi) is 5.40. The predicted octanol–water partition coefficient (Wildman–Crippen LogP) is 2.58. The van der Waals surface area contributed by atoms with E-state index >= 15 is 0 Å². The number of hydrogen-bond acceptors (Lipinski definition) is 7. The van der Waals surface area contributed by atoms with Crippen LogP contribution in [0.2, 0.25) is 0 Å². The first kappa shape index (κ1) is 18.6. The number of piperidine rings is 1. The molecule has 4 rings (SSSR count). The molecule has 0 radical (unpaired) electrons. The van der Waals surface area contributed by atoms with Crippen molar-refractivity contribution in [2.45, 2.75) is 32.6 Å². The number of nitrogens with zero attached hydrogens (tertiary/aromatic N) is 6. The zero-order chi connectivity index (χ0) is 19.5. The molecule has 0 saturated carbocycles. The molecule has 0 aliphatic carbocycles. The number of hydrogen-bond donors (Lipinski definition) is 0. The number of aromatic nitrogens is 3. The average Bonchev–Trinajstić information content (AvgIpc) is 2.74. The summed E-state index contributed by atoms with van der Waals surface area (Å²) in [5.41, 5.74) is 2.66. The van der Waals surface area contributed by atoms with E-state index in [2.05, 4.69) is 31.9 Å². The molecule has 4 heterocycles. The van der Waals surface area contributed by atoms with Gasteiger partial charge in [0, 0.05) is 43.9 Å². The Labute approximate surface area is 166 Å². The number of pyridine rings is 1. The molecule has 2 saturated heterocycles. The highest BCUT2D eigenvalue weighted by atomic mass is 16.5. The lowest BCUT2D eigenvalue weighted by atomic mass is 9.94. The van der Waals surface area contributed by atoms with Crippen molar-refractivity contribution in [3.63, 3.8) is 0 Å². The molecule has 7 nitrogen and oxygen atoms in total. The molecule has 2 aromatic heterocycles. The maximum atomic E-state index is 9.49. The maximum absolute atomic E-state index is 9.49. The topological polar surface area (TPSA) is 78.2 Å². The van der Waals surface area contributed by atoms with Gasteiger partial charge in [0.15, 0.2) is 0 Å². The Morgan fingerprint density at radius 2 is 1.89 bits per heavy atom. The predicted molar refractivity (Wildman–Crippen MR) is 108 cm³/mol. The smallest absolute Gasteiger partial charge is 0.146 e. The molecule has 0 bridgehead atoms. The fraction of sp³-hybridized carbons (Fsp3) is 0.524. The maximum Gasteiger partial charge on any atom is 0.146 e. The van der Waals surface area contributed by atoms with Gasteiger partial charge in [0.1, 0.15) is 23.5 Å². The molecule has 0 N–H and O–H groups in total. The lowest BCUT2D eigenvalue weighted by Crippen LogP contribution is -2.38. The fourth-order valence-corrected chi connectivity index (χ4v) is 4.02. The van der Waals surface area contributed by atoms with E-state index < -0.39 is 0 Å². The zero-order valence-electron chi connectivity index (χ0n) is 16.6. The van der Waals surface area contributed by atoms with Crippen molar-refractivity contribution in [2.75, 3.05) is 49.2 Å². The summed E-state index contributed by atoms with van der Waals surface area (Å²) in [5.74, 6) is 2.91. The fourth-order valence-electron chi connectivity index (χ4n) is 4.02. The van der Waals surface area contributed by atoms with Crippen LogP contribution in [0.1, 0.15) is 41.5 Å². The summed E-state index contributed by atoms with van der Waals surface area (Å²) in [7, 11) is 0. The van der Waals surface area contributed by atoms with Gasteiger partial charge in [-0.05, 0) is 38.8 Å². The molecule has 2 aromatic rings. The minimum Gasteiger partial charge on any atom is -0.378 e. The number of nitriles is 1. The third kappa shape index (κ3) is 3.92. The molecule has 0 amide bonds. The van der Waals surface area contributed by atoms with E-state index in [4.69, 9.17) is 9.72 Å². The van der Waals surface area contributed by atoms with Crippen molar-refractivity contribution in [1.82, 2.24) is 15.0 Å². The molecular weight excluding hydrogens is 352 g/mol. The van der Waals surface area contributed by atoms with E-state index in [1.807, 2.05) is 26.0 Å². The van der Waals surface area contributed by atoms with E-state index in [-0.39, 0.29) is 0 Å². The van der Waals surface area contributed by atoms with Crippen LogP contribution in [0.15, 0.2) is 18.2 Å². The van der Waals surface area contributed by atoms with Gasteiger partial charge in [-0.3, -0.25) is 0 Å². The van der Waals surface area contributed by atoms with Crippen molar-refractivity contribution in [3.8, 4) is 6.07 Å². The highest BCUT2D eigenvalue weighted by Gasteiger charge is 2.26. The summed E-state index contributed by atoms with van der Waals surface area (Å²) in [6.45, 7) is 8.89. The van der Waals surface area contributed by atoms with E-state index in [0.29, 0.717) is 11.5 Å². The molecule has 146 valence electrons. The molecule has 1 atom stereocenters. The van der Waals surface area contributed by atoms with Crippen LogP contribution in [0.4, 0.5) is 11.6 Å². The monoisotopic (exact) mass is 378 g/mol. The Bertz CT molecular complexity index is 887. The average molecular weight is 378 g/mol. The Hall–Kier alpha value is -2.72. The molecule has 0 aromatic carbocycles. The second kappa shape index (κ2) is 8.11. The Balaban J connectivity index is 1.59. The van der Waals surface area contributed by atoms with Gasteiger partial charge < -0.3 is 14.5 Å². The molecule has 0 unspecified atom stereocenters. The quantitative estimate of drug-likeness (QED) is 0.812.